The van der Waals surface area contributed by atoms with Crippen LogP contribution in [0.3, 0.4) is 0 Å². The molecule has 14 aromatic rings. The molecule has 13 aromatic carbocycles. The Kier molecular flexibility index (Phi) is 9.58. The highest BCUT2D eigenvalue weighted by Crippen LogP contribution is 2.63. The van der Waals surface area contributed by atoms with Gasteiger partial charge < -0.3 is 9.47 Å². The molecule has 0 aliphatic heterocycles. The lowest BCUT2D eigenvalue weighted by Gasteiger charge is -2.32. The van der Waals surface area contributed by atoms with Crippen molar-refractivity contribution in [2.75, 3.05) is 4.90 Å². The number of para-hydroxylation sites is 1. The van der Waals surface area contributed by atoms with Crippen LogP contribution in [0.2, 0.25) is 0 Å². The third kappa shape index (κ3) is 6.49. The van der Waals surface area contributed by atoms with Gasteiger partial charge in [0.05, 0.1) is 22.1 Å². The van der Waals surface area contributed by atoms with Crippen LogP contribution in [-0.2, 0) is 5.41 Å². The summed E-state index contributed by atoms with van der Waals surface area (Å²) in [5, 5.41) is 7.45. The van der Waals surface area contributed by atoms with Crippen LogP contribution in [0, 0.1) is 0 Å². The summed E-state index contributed by atoms with van der Waals surface area (Å²) in [7, 11) is 0. The quantitative estimate of drug-likeness (QED) is 0.154. The molecule has 16 rings (SSSR count). The third-order valence-electron chi connectivity index (χ3n) is 16.8. The van der Waals surface area contributed by atoms with Crippen LogP contribution in [0.1, 0.15) is 22.3 Å². The Hall–Kier alpha value is -10.0. The van der Waals surface area contributed by atoms with Gasteiger partial charge in [0, 0.05) is 33.2 Å². The standard InChI is InChI=1S/C75H48N2/c1-3-25-59-49(17-1)19-15-31-60(59)51-37-40-56(41-38-51)76(58-42-43-65-64-29-7-11-34-70(64)75(71(65)48-58)68-32-9-5-27-62(68)63-28-6-10-33-69(63)75)57-24-14-23-54(46-57)52-21-13-22-53(45-52)55-39-44-74-67(47-55)66-30-8-12-35-73(66)77(74)72-36-16-20-50-18-2-4-26-61(50)72/h1-48H. The Bertz CT molecular complexity index is 4630. The molecule has 2 heteroatoms. The van der Waals surface area contributed by atoms with Gasteiger partial charge in [-0.15, -0.1) is 0 Å². The largest absolute Gasteiger partial charge is 0.310 e. The molecule has 0 radical (unpaired) electrons. The van der Waals surface area contributed by atoms with E-state index in [0.29, 0.717) is 0 Å². The lowest BCUT2D eigenvalue weighted by molar-refractivity contribution is 0.793. The van der Waals surface area contributed by atoms with Gasteiger partial charge in [-0.1, -0.05) is 224 Å². The zero-order chi connectivity index (χ0) is 50.6. The van der Waals surface area contributed by atoms with E-state index in [-0.39, 0.29) is 0 Å². The molecule has 0 unspecified atom stereocenters. The second kappa shape index (κ2) is 17.0. The van der Waals surface area contributed by atoms with E-state index in [1.54, 1.807) is 0 Å². The van der Waals surface area contributed by atoms with E-state index in [1.165, 1.54) is 116 Å². The number of hydrogen-bond acceptors (Lipinski definition) is 1. The molecule has 2 nitrogen and oxygen atoms in total. The first kappa shape index (κ1) is 43.4. The van der Waals surface area contributed by atoms with Crippen LogP contribution in [0.5, 0.6) is 0 Å². The lowest BCUT2D eigenvalue weighted by Crippen LogP contribution is -2.26. The molecule has 1 heterocycles. The number of aromatic nitrogens is 1. The fourth-order valence-electron chi connectivity index (χ4n) is 13.5. The summed E-state index contributed by atoms with van der Waals surface area (Å²) in [5.74, 6) is 0. The van der Waals surface area contributed by atoms with Crippen molar-refractivity contribution in [3.05, 3.63) is 313 Å². The highest BCUT2D eigenvalue weighted by atomic mass is 15.1. The number of hydrogen-bond donors (Lipinski definition) is 0. The molecule has 2 aliphatic rings. The molecule has 0 saturated carbocycles. The minimum atomic E-state index is -0.463. The SMILES string of the molecule is c1cc(-c2cccc(N(c3ccc(-c4cccc5ccccc45)cc3)c3ccc4c(c3)C3(c5ccccc5-c5ccccc53)c3ccccc3-4)c2)cc(-c2ccc3c(c2)c2ccccc2n3-c2cccc3ccccc23)c1. The van der Waals surface area contributed by atoms with Gasteiger partial charge in [-0.3, -0.25) is 0 Å². The van der Waals surface area contributed by atoms with Crippen LogP contribution in [0.25, 0.3) is 105 Å². The highest BCUT2D eigenvalue weighted by Gasteiger charge is 2.51. The molecule has 0 atom stereocenters. The Morgan fingerprint density at radius 2 is 0.714 bits per heavy atom. The first-order chi connectivity index (χ1) is 38.2. The van der Waals surface area contributed by atoms with Gasteiger partial charge in [0.1, 0.15) is 0 Å². The highest BCUT2D eigenvalue weighted by molar-refractivity contribution is 6.12. The van der Waals surface area contributed by atoms with Crippen LogP contribution < -0.4 is 4.90 Å². The van der Waals surface area contributed by atoms with E-state index >= 15 is 0 Å². The topological polar surface area (TPSA) is 8.17 Å². The second-order valence-corrected chi connectivity index (χ2v) is 20.7. The molecule has 358 valence electrons. The van der Waals surface area contributed by atoms with Gasteiger partial charge in [-0.2, -0.15) is 0 Å². The normalized spacial score (nSPS) is 12.8. The van der Waals surface area contributed by atoms with E-state index < -0.39 is 5.41 Å². The summed E-state index contributed by atoms with van der Waals surface area (Å²) < 4.78 is 2.44. The molecule has 77 heavy (non-hydrogen) atoms. The Labute approximate surface area is 447 Å². The van der Waals surface area contributed by atoms with Crippen molar-refractivity contribution in [3.63, 3.8) is 0 Å². The van der Waals surface area contributed by atoms with Crippen LogP contribution in [-0.4, -0.2) is 4.57 Å². The van der Waals surface area contributed by atoms with Gasteiger partial charge >= 0.3 is 0 Å². The van der Waals surface area contributed by atoms with Crippen LogP contribution >= 0.6 is 0 Å². The second-order valence-electron chi connectivity index (χ2n) is 20.7. The van der Waals surface area contributed by atoms with Crippen molar-refractivity contribution in [2.45, 2.75) is 5.41 Å². The number of anilines is 3. The number of rotatable bonds is 7. The molecular weight excluding hydrogens is 929 g/mol. The summed E-state index contributed by atoms with van der Waals surface area (Å²) >= 11 is 0. The Morgan fingerprint density at radius 3 is 1.43 bits per heavy atom. The molecule has 0 bridgehead atoms. The average molecular weight is 977 g/mol. The average Bonchev–Trinajstić information content (AvgIpc) is 4.21. The first-order valence-electron chi connectivity index (χ1n) is 26.7. The van der Waals surface area contributed by atoms with Crippen molar-refractivity contribution >= 4 is 60.4 Å². The summed E-state index contributed by atoms with van der Waals surface area (Å²) in [6.07, 6.45) is 0. The third-order valence-corrected chi connectivity index (χ3v) is 16.8. The summed E-state index contributed by atoms with van der Waals surface area (Å²) in [6, 6.07) is 108. The zero-order valence-electron chi connectivity index (χ0n) is 42.1. The maximum atomic E-state index is 2.49. The molecule has 1 aromatic heterocycles. The zero-order valence-corrected chi connectivity index (χ0v) is 42.1. The predicted octanol–water partition coefficient (Wildman–Crippen LogP) is 19.9. The molecule has 0 fully saturated rings. The summed E-state index contributed by atoms with van der Waals surface area (Å²) in [6.45, 7) is 0. The van der Waals surface area contributed by atoms with Crippen molar-refractivity contribution in [1.29, 1.82) is 0 Å². The molecule has 0 N–H and O–H groups in total. The fraction of sp³-hybridized carbons (Fsp3) is 0.0133. The minimum Gasteiger partial charge on any atom is -0.310 e. The molecule has 0 amide bonds. The maximum absolute atomic E-state index is 2.49. The Balaban J connectivity index is 0.841. The van der Waals surface area contributed by atoms with Gasteiger partial charge in [-0.05, 0) is 161 Å². The van der Waals surface area contributed by atoms with Crippen LogP contribution in [0.4, 0.5) is 17.1 Å². The molecule has 2 aliphatic carbocycles. The monoisotopic (exact) mass is 976 g/mol. The van der Waals surface area contributed by atoms with Crippen molar-refractivity contribution < 1.29 is 0 Å². The van der Waals surface area contributed by atoms with Gasteiger partial charge in [-0.25, -0.2) is 0 Å². The van der Waals surface area contributed by atoms with Gasteiger partial charge in [0.2, 0.25) is 0 Å². The van der Waals surface area contributed by atoms with E-state index in [9.17, 15) is 0 Å². The first-order valence-corrected chi connectivity index (χ1v) is 26.7. The van der Waals surface area contributed by atoms with Crippen molar-refractivity contribution in [2.24, 2.45) is 0 Å². The molecule has 1 spiro atoms. The molecular formula is C75H48N2. The maximum Gasteiger partial charge on any atom is 0.0726 e. The molecule has 0 saturated heterocycles. The van der Waals surface area contributed by atoms with E-state index in [1.807, 2.05) is 0 Å². The summed E-state index contributed by atoms with van der Waals surface area (Å²) in [5.41, 5.74) is 24.0. The smallest absolute Gasteiger partial charge is 0.0726 e. The summed E-state index contributed by atoms with van der Waals surface area (Å²) in [4.78, 5) is 2.46. The number of fused-ring (bicyclic) bond motifs is 15. The lowest BCUT2D eigenvalue weighted by atomic mass is 9.70. The van der Waals surface area contributed by atoms with E-state index in [0.717, 1.165) is 28.2 Å². The number of nitrogens with zero attached hydrogens (tertiary/aromatic N) is 2. The minimum absolute atomic E-state index is 0.463. The van der Waals surface area contributed by atoms with Crippen molar-refractivity contribution in [3.8, 4) is 61.3 Å². The van der Waals surface area contributed by atoms with Crippen LogP contribution in [0.15, 0.2) is 291 Å². The van der Waals surface area contributed by atoms with Crippen molar-refractivity contribution in [1.82, 2.24) is 4.57 Å². The number of benzene rings is 13. The fourth-order valence-corrected chi connectivity index (χ4v) is 13.5. The van der Waals surface area contributed by atoms with E-state index in [2.05, 4.69) is 301 Å². The Morgan fingerprint density at radius 1 is 0.247 bits per heavy atom. The van der Waals surface area contributed by atoms with Gasteiger partial charge in [0.25, 0.3) is 0 Å². The van der Waals surface area contributed by atoms with E-state index in [4.69, 9.17) is 0 Å². The van der Waals surface area contributed by atoms with Gasteiger partial charge in [0.15, 0.2) is 0 Å². The predicted molar refractivity (Wildman–Crippen MR) is 323 cm³/mol.